The molecular formula is C38H59N9O2S3. The molecule has 0 heterocycles. The lowest BCUT2D eigenvalue weighted by molar-refractivity contribution is 0.261. The minimum Gasteiger partial charge on any atom is -0.398 e. The van der Waals surface area contributed by atoms with Gasteiger partial charge in [0.15, 0.2) is 0 Å². The summed E-state index contributed by atoms with van der Waals surface area (Å²) in [5.74, 6) is 1.83. The second-order valence-corrected chi connectivity index (χ2v) is 18.9. The van der Waals surface area contributed by atoms with E-state index < -0.39 is 12.1 Å². The Bertz CT molecular complexity index is 1620. The maximum Gasteiger partial charge on any atom is 0.323 e. The monoisotopic (exact) mass is 769 g/mol. The molecule has 11 nitrogen and oxygen atoms in total. The molecule has 0 saturated carbocycles. The fourth-order valence-electron chi connectivity index (χ4n) is 5.11. The summed E-state index contributed by atoms with van der Waals surface area (Å²) in [6.45, 7) is 20.1. The second-order valence-electron chi connectivity index (χ2n) is 15.6. The fourth-order valence-corrected chi connectivity index (χ4v) is 7.59. The molecule has 3 aromatic rings. The van der Waals surface area contributed by atoms with E-state index in [0.29, 0.717) is 75.9 Å². The van der Waals surface area contributed by atoms with Crippen LogP contribution >= 0.6 is 35.3 Å². The number of carbonyl (C=O) groups is 2. The topological polar surface area (TPSA) is 212 Å². The number of hydrogen-bond acceptors (Lipinski definition) is 10. The van der Waals surface area contributed by atoms with Crippen LogP contribution in [-0.4, -0.2) is 49.0 Å². The molecule has 3 aromatic carbocycles. The lowest BCUT2D eigenvalue weighted by atomic mass is 9.86. The number of carbonyl (C=O) groups excluding carboxylic acids is 2. The quantitative estimate of drug-likeness (QED) is 0.0601. The standard InChI is InChI=1S/C38H59N9O2S3/c1-36(2,3)22-16-25(42)31(50-13-10-39)27(18-22)44-34(48)46-29-20-24(38(7,8)9)21-30(33(29)52-15-12-41)47-35(49)45-28-19-23(37(4,5)6)17-26(43)32(28)51-14-11-40/h16-21H,10-15,39-43H2,1-9H3,(H2,44,46,48)(H2,45,47,49). The van der Waals surface area contributed by atoms with Gasteiger partial charge < -0.3 is 49.9 Å². The predicted octanol–water partition coefficient (Wildman–Crippen LogP) is 8.18. The smallest absolute Gasteiger partial charge is 0.323 e. The van der Waals surface area contributed by atoms with E-state index in [9.17, 15) is 9.59 Å². The minimum atomic E-state index is -0.452. The van der Waals surface area contributed by atoms with Gasteiger partial charge in [0.05, 0.1) is 37.4 Å². The van der Waals surface area contributed by atoms with Crippen LogP contribution in [0.4, 0.5) is 43.7 Å². The Kier molecular flexibility index (Phi) is 15.1. The first-order valence-corrected chi connectivity index (χ1v) is 20.4. The molecule has 0 aliphatic heterocycles. The SMILES string of the molecule is CC(C)(C)c1cc(N)c(SCCN)c(NC(=O)Nc2cc(C(C)(C)C)cc(NC(=O)Nc3cc(C(C)(C)C)cc(N)c3SCCN)c2SCCN)c1. The van der Waals surface area contributed by atoms with E-state index >= 15 is 0 Å². The van der Waals surface area contributed by atoms with E-state index in [0.717, 1.165) is 26.5 Å². The number of nitrogen functional groups attached to an aromatic ring is 2. The van der Waals surface area contributed by atoms with Crippen LogP contribution in [0.5, 0.6) is 0 Å². The van der Waals surface area contributed by atoms with Gasteiger partial charge in [-0.3, -0.25) is 0 Å². The average Bonchev–Trinajstić information content (AvgIpc) is 3.02. The average molecular weight is 770 g/mol. The minimum absolute atomic E-state index is 0.198. The third-order valence-electron chi connectivity index (χ3n) is 8.01. The molecule has 4 amide bonds. The van der Waals surface area contributed by atoms with Gasteiger partial charge in [0.2, 0.25) is 0 Å². The van der Waals surface area contributed by atoms with Crippen molar-refractivity contribution in [2.45, 2.75) is 93.2 Å². The van der Waals surface area contributed by atoms with E-state index in [-0.39, 0.29) is 16.2 Å². The summed E-state index contributed by atoms with van der Waals surface area (Å²) in [5, 5.41) is 12.3. The molecule has 286 valence electrons. The Morgan fingerprint density at radius 2 is 0.731 bits per heavy atom. The summed E-state index contributed by atoms with van der Waals surface area (Å²) >= 11 is 4.45. The maximum atomic E-state index is 13.9. The van der Waals surface area contributed by atoms with Crippen LogP contribution in [0.1, 0.15) is 79.0 Å². The van der Waals surface area contributed by atoms with Crippen LogP contribution in [0.15, 0.2) is 51.1 Å². The molecular weight excluding hydrogens is 711 g/mol. The van der Waals surface area contributed by atoms with E-state index in [1.165, 1.54) is 35.3 Å². The highest BCUT2D eigenvalue weighted by Gasteiger charge is 2.25. The summed E-state index contributed by atoms with van der Waals surface area (Å²) in [7, 11) is 0. The van der Waals surface area contributed by atoms with Gasteiger partial charge in [0, 0.05) is 48.3 Å². The van der Waals surface area contributed by atoms with Crippen molar-refractivity contribution in [3.63, 3.8) is 0 Å². The Hall–Kier alpha value is -3.27. The Balaban J connectivity index is 2.07. The van der Waals surface area contributed by atoms with Crippen molar-refractivity contribution in [1.29, 1.82) is 0 Å². The van der Waals surface area contributed by atoms with Crippen molar-refractivity contribution in [1.82, 2.24) is 0 Å². The van der Waals surface area contributed by atoms with Crippen LogP contribution in [0, 0.1) is 0 Å². The van der Waals surface area contributed by atoms with Crippen LogP contribution in [-0.2, 0) is 16.2 Å². The molecule has 0 spiro atoms. The summed E-state index contributed by atoms with van der Waals surface area (Å²) < 4.78 is 0. The molecule has 0 saturated heterocycles. The molecule has 0 unspecified atom stereocenters. The van der Waals surface area contributed by atoms with Crippen molar-refractivity contribution in [3.8, 4) is 0 Å². The lowest BCUT2D eigenvalue weighted by Crippen LogP contribution is -2.24. The zero-order valence-electron chi connectivity index (χ0n) is 32.1. The highest BCUT2D eigenvalue weighted by atomic mass is 32.2. The van der Waals surface area contributed by atoms with Crippen molar-refractivity contribution >= 4 is 81.5 Å². The molecule has 14 N–H and O–H groups in total. The number of urea groups is 2. The zero-order valence-corrected chi connectivity index (χ0v) is 34.6. The summed E-state index contributed by atoms with van der Waals surface area (Å²) in [4.78, 5) is 29.9. The van der Waals surface area contributed by atoms with E-state index in [1.807, 2.05) is 36.4 Å². The van der Waals surface area contributed by atoms with Crippen LogP contribution in [0.3, 0.4) is 0 Å². The first-order chi connectivity index (χ1) is 24.2. The van der Waals surface area contributed by atoms with Gasteiger partial charge in [-0.2, -0.15) is 0 Å². The highest BCUT2D eigenvalue weighted by Crippen LogP contribution is 2.42. The summed E-state index contributed by atoms with van der Waals surface area (Å²) in [5.41, 5.74) is 36.2. The van der Waals surface area contributed by atoms with Gasteiger partial charge >= 0.3 is 12.1 Å². The number of nitrogens with two attached hydrogens (primary N) is 5. The number of amides is 4. The number of benzene rings is 3. The lowest BCUT2D eigenvalue weighted by Gasteiger charge is -2.26. The number of anilines is 6. The third-order valence-corrected chi connectivity index (χ3v) is 11.5. The van der Waals surface area contributed by atoms with Crippen molar-refractivity contribution in [2.75, 3.05) is 69.6 Å². The summed E-state index contributed by atoms with van der Waals surface area (Å²) in [6.07, 6.45) is 0. The fraction of sp³-hybridized carbons (Fsp3) is 0.474. The molecule has 14 heteroatoms. The first kappa shape index (κ1) is 43.1. The number of thioether (sulfide) groups is 3. The van der Waals surface area contributed by atoms with Crippen LogP contribution in [0.25, 0.3) is 0 Å². The van der Waals surface area contributed by atoms with Crippen LogP contribution < -0.4 is 49.9 Å². The van der Waals surface area contributed by atoms with Crippen molar-refractivity contribution < 1.29 is 9.59 Å². The van der Waals surface area contributed by atoms with E-state index in [2.05, 4.69) is 83.6 Å². The number of nitrogens with one attached hydrogen (secondary N) is 4. The Labute approximate surface area is 322 Å². The van der Waals surface area contributed by atoms with Crippen molar-refractivity contribution in [2.24, 2.45) is 17.2 Å². The number of rotatable bonds is 13. The first-order valence-electron chi connectivity index (χ1n) is 17.4. The molecule has 3 rings (SSSR count). The van der Waals surface area contributed by atoms with Gasteiger partial charge in [0.1, 0.15) is 0 Å². The zero-order chi connectivity index (χ0) is 39.0. The molecule has 0 aliphatic rings. The van der Waals surface area contributed by atoms with E-state index in [4.69, 9.17) is 28.7 Å². The maximum absolute atomic E-state index is 13.9. The van der Waals surface area contributed by atoms with Gasteiger partial charge in [-0.25, -0.2) is 9.59 Å². The molecule has 0 fully saturated rings. The van der Waals surface area contributed by atoms with Gasteiger partial charge in [-0.05, 0) is 69.3 Å². The number of hydrogen-bond donors (Lipinski definition) is 9. The normalized spacial score (nSPS) is 12.1. The molecule has 0 aromatic heterocycles. The van der Waals surface area contributed by atoms with Gasteiger partial charge in [-0.1, -0.05) is 62.3 Å². The molecule has 0 atom stereocenters. The third kappa shape index (κ3) is 11.9. The molecule has 0 aliphatic carbocycles. The van der Waals surface area contributed by atoms with Crippen molar-refractivity contribution in [3.05, 3.63) is 53.1 Å². The molecule has 0 bridgehead atoms. The molecule has 52 heavy (non-hydrogen) atoms. The van der Waals surface area contributed by atoms with Crippen LogP contribution in [0.2, 0.25) is 0 Å². The van der Waals surface area contributed by atoms with E-state index in [1.54, 1.807) is 0 Å². The highest BCUT2D eigenvalue weighted by molar-refractivity contribution is 8.00. The van der Waals surface area contributed by atoms with Gasteiger partial charge in [0.25, 0.3) is 0 Å². The molecule has 0 radical (unpaired) electrons. The summed E-state index contributed by atoms with van der Waals surface area (Å²) in [6, 6.07) is 10.8. The predicted molar refractivity (Wildman–Crippen MR) is 229 cm³/mol. The Morgan fingerprint density at radius 3 is 1.00 bits per heavy atom. The Morgan fingerprint density at radius 1 is 0.481 bits per heavy atom. The largest absolute Gasteiger partial charge is 0.398 e. The second kappa shape index (κ2) is 18.2. The van der Waals surface area contributed by atoms with Gasteiger partial charge in [-0.15, -0.1) is 35.3 Å².